The number of urea groups is 1. The number of carboxylic acids is 1. The quantitative estimate of drug-likeness (QED) is 0.364. The van der Waals surface area contributed by atoms with Gasteiger partial charge in [0.25, 0.3) is 0 Å². The van der Waals surface area contributed by atoms with Crippen molar-refractivity contribution in [3.8, 4) is 0 Å². The fourth-order valence-corrected chi connectivity index (χ4v) is 5.13. The Kier molecular flexibility index (Phi) is 8.52. The zero-order chi connectivity index (χ0) is 25.7. The van der Waals surface area contributed by atoms with Crippen molar-refractivity contribution >= 4 is 29.1 Å². The lowest BCUT2D eigenvalue weighted by Gasteiger charge is -2.38. The Hall–Kier alpha value is -3.06. The van der Waals surface area contributed by atoms with E-state index in [4.69, 9.17) is 4.74 Å². The molecule has 2 aliphatic rings. The molecule has 1 aliphatic carbocycles. The topological polar surface area (TPSA) is 90.9 Å². The summed E-state index contributed by atoms with van der Waals surface area (Å²) < 4.78 is 5.62. The van der Waals surface area contributed by atoms with Crippen molar-refractivity contribution in [1.29, 1.82) is 0 Å². The van der Waals surface area contributed by atoms with Crippen LogP contribution in [-0.2, 0) is 9.53 Å². The third-order valence-corrected chi connectivity index (χ3v) is 7.09. The maximum atomic E-state index is 13.1. The van der Waals surface area contributed by atoms with Gasteiger partial charge in [-0.15, -0.1) is 0 Å². The standard InChI is InChI=1S/C29H39N3O4/c1-19(2)18-32(24-12-14-36-15-13-24)27-11-8-22(25(17-28(33)34)21-6-7-21)16-26(27)31-29(35)30-23-9-4-20(3)5-10-23/h4-5,8-11,16,19,21,24-25H,6-7,12-15,17-18H2,1-3H3,(H,33,34)(H2,30,31,35). The molecule has 1 saturated carbocycles. The van der Waals surface area contributed by atoms with E-state index in [2.05, 4.69) is 41.5 Å². The molecule has 2 fully saturated rings. The van der Waals surface area contributed by atoms with Crippen LogP contribution in [0.25, 0.3) is 0 Å². The van der Waals surface area contributed by atoms with Gasteiger partial charge in [-0.25, -0.2) is 4.79 Å². The lowest BCUT2D eigenvalue weighted by Crippen LogP contribution is -2.42. The largest absolute Gasteiger partial charge is 0.481 e. The number of carbonyl (C=O) groups is 2. The molecule has 7 heteroatoms. The van der Waals surface area contributed by atoms with E-state index in [1.54, 1.807) is 0 Å². The van der Waals surface area contributed by atoms with Crippen LogP contribution in [0, 0.1) is 18.8 Å². The van der Waals surface area contributed by atoms with Crippen molar-refractivity contribution in [2.75, 3.05) is 35.3 Å². The first kappa shape index (κ1) is 26.0. The summed E-state index contributed by atoms with van der Waals surface area (Å²) in [4.78, 5) is 27.1. The minimum atomic E-state index is -0.786. The molecule has 4 rings (SSSR count). The molecule has 0 spiro atoms. The predicted octanol–water partition coefficient (Wildman–Crippen LogP) is 6.25. The SMILES string of the molecule is Cc1ccc(NC(=O)Nc2cc(C(CC(=O)O)C3CC3)ccc2N(CC(C)C)C2CCOCC2)cc1. The van der Waals surface area contributed by atoms with Crippen LogP contribution in [0.3, 0.4) is 0 Å². The molecule has 36 heavy (non-hydrogen) atoms. The lowest BCUT2D eigenvalue weighted by molar-refractivity contribution is -0.137. The van der Waals surface area contributed by atoms with Gasteiger partial charge in [-0.05, 0) is 80.2 Å². The van der Waals surface area contributed by atoms with E-state index in [-0.39, 0.29) is 18.4 Å². The number of anilines is 3. The van der Waals surface area contributed by atoms with Crippen LogP contribution >= 0.6 is 0 Å². The summed E-state index contributed by atoms with van der Waals surface area (Å²) in [5, 5.41) is 15.6. The average Bonchev–Trinajstić information content (AvgIpc) is 3.68. The molecule has 1 saturated heterocycles. The summed E-state index contributed by atoms with van der Waals surface area (Å²) in [6.07, 6.45) is 4.09. The summed E-state index contributed by atoms with van der Waals surface area (Å²) in [7, 11) is 0. The zero-order valence-corrected chi connectivity index (χ0v) is 21.6. The molecule has 1 atom stereocenters. The number of aliphatic carboxylic acids is 1. The van der Waals surface area contributed by atoms with Gasteiger partial charge in [-0.3, -0.25) is 4.79 Å². The molecular weight excluding hydrogens is 454 g/mol. The Labute approximate surface area is 214 Å². The third-order valence-electron chi connectivity index (χ3n) is 7.09. The number of rotatable bonds is 10. The Bertz CT molecular complexity index is 1040. The van der Waals surface area contributed by atoms with Gasteiger partial charge in [-0.1, -0.05) is 37.6 Å². The number of nitrogens with zero attached hydrogens (tertiary/aromatic N) is 1. The second kappa shape index (κ2) is 11.8. The lowest BCUT2D eigenvalue weighted by atomic mass is 9.90. The second-order valence-electron chi connectivity index (χ2n) is 10.7. The van der Waals surface area contributed by atoms with Gasteiger partial charge in [0.1, 0.15) is 0 Å². The van der Waals surface area contributed by atoms with E-state index in [0.717, 1.165) is 73.6 Å². The maximum Gasteiger partial charge on any atom is 0.323 e. The number of carbonyl (C=O) groups excluding carboxylic acids is 1. The number of hydrogen-bond acceptors (Lipinski definition) is 4. The van der Waals surface area contributed by atoms with E-state index in [0.29, 0.717) is 17.9 Å². The van der Waals surface area contributed by atoms with E-state index in [9.17, 15) is 14.7 Å². The summed E-state index contributed by atoms with van der Waals surface area (Å²) >= 11 is 0. The van der Waals surface area contributed by atoms with Crippen LogP contribution in [0.2, 0.25) is 0 Å². The van der Waals surface area contributed by atoms with E-state index >= 15 is 0 Å². The molecule has 2 amide bonds. The zero-order valence-electron chi connectivity index (χ0n) is 21.6. The number of benzene rings is 2. The summed E-state index contributed by atoms with van der Waals surface area (Å²) in [6.45, 7) is 8.74. The molecule has 3 N–H and O–H groups in total. The summed E-state index contributed by atoms with van der Waals surface area (Å²) in [5.74, 6) is 0.00144. The van der Waals surface area contributed by atoms with Crippen LogP contribution in [0.5, 0.6) is 0 Å². The van der Waals surface area contributed by atoms with Gasteiger partial charge >= 0.3 is 12.0 Å². The Morgan fingerprint density at radius 2 is 1.72 bits per heavy atom. The highest BCUT2D eigenvalue weighted by Crippen LogP contribution is 2.46. The number of hydrogen-bond donors (Lipinski definition) is 3. The average molecular weight is 494 g/mol. The van der Waals surface area contributed by atoms with Crippen molar-refractivity contribution in [3.63, 3.8) is 0 Å². The molecule has 0 aromatic heterocycles. The molecule has 1 aliphatic heterocycles. The van der Waals surface area contributed by atoms with Crippen LogP contribution < -0.4 is 15.5 Å². The molecule has 194 valence electrons. The van der Waals surface area contributed by atoms with E-state index in [1.807, 2.05) is 37.3 Å². The van der Waals surface area contributed by atoms with Gasteiger partial charge in [0.15, 0.2) is 0 Å². The third kappa shape index (κ3) is 7.00. The fourth-order valence-electron chi connectivity index (χ4n) is 5.13. The van der Waals surface area contributed by atoms with Crippen molar-refractivity contribution < 1.29 is 19.4 Å². The van der Waals surface area contributed by atoms with Crippen molar-refractivity contribution in [2.24, 2.45) is 11.8 Å². The number of ether oxygens (including phenoxy) is 1. The second-order valence-corrected chi connectivity index (χ2v) is 10.7. The van der Waals surface area contributed by atoms with Gasteiger partial charge in [0.05, 0.1) is 17.8 Å². The highest BCUT2D eigenvalue weighted by atomic mass is 16.5. The molecule has 2 aromatic carbocycles. The van der Waals surface area contributed by atoms with Gasteiger partial charge in [-0.2, -0.15) is 0 Å². The number of carboxylic acid groups (broad SMARTS) is 1. The van der Waals surface area contributed by atoms with Crippen molar-refractivity contribution in [1.82, 2.24) is 0 Å². The highest BCUT2D eigenvalue weighted by Gasteiger charge is 2.34. The number of amides is 2. The molecule has 2 aromatic rings. The first-order chi connectivity index (χ1) is 17.3. The molecule has 1 unspecified atom stereocenters. The van der Waals surface area contributed by atoms with Crippen LogP contribution in [-0.4, -0.2) is 42.9 Å². The fraction of sp³-hybridized carbons (Fsp3) is 0.517. The predicted molar refractivity (Wildman–Crippen MR) is 144 cm³/mol. The Balaban J connectivity index is 1.67. The van der Waals surface area contributed by atoms with E-state index < -0.39 is 5.97 Å². The molecule has 0 bridgehead atoms. The minimum absolute atomic E-state index is 0.0427. The van der Waals surface area contributed by atoms with Gasteiger partial charge < -0.3 is 25.4 Å². The van der Waals surface area contributed by atoms with Crippen LogP contribution in [0.1, 0.15) is 63.0 Å². The monoisotopic (exact) mass is 493 g/mol. The highest BCUT2D eigenvalue weighted by molar-refractivity contribution is 6.02. The molecular formula is C29H39N3O4. The van der Waals surface area contributed by atoms with E-state index in [1.165, 1.54) is 0 Å². The van der Waals surface area contributed by atoms with Crippen LogP contribution in [0.4, 0.5) is 21.9 Å². The minimum Gasteiger partial charge on any atom is -0.481 e. The Morgan fingerprint density at radius 3 is 2.33 bits per heavy atom. The molecule has 7 nitrogen and oxygen atoms in total. The number of aryl methyl sites for hydroxylation is 1. The van der Waals surface area contributed by atoms with Crippen molar-refractivity contribution in [3.05, 3.63) is 53.6 Å². The molecule has 0 radical (unpaired) electrons. The first-order valence-electron chi connectivity index (χ1n) is 13.1. The van der Waals surface area contributed by atoms with Crippen LogP contribution in [0.15, 0.2) is 42.5 Å². The normalized spacial score (nSPS) is 17.0. The van der Waals surface area contributed by atoms with Crippen molar-refractivity contribution in [2.45, 2.75) is 64.8 Å². The summed E-state index contributed by atoms with van der Waals surface area (Å²) in [6, 6.07) is 13.9. The summed E-state index contributed by atoms with van der Waals surface area (Å²) in [5.41, 5.74) is 4.52. The van der Waals surface area contributed by atoms with Gasteiger partial charge in [0, 0.05) is 31.5 Å². The maximum absolute atomic E-state index is 13.1. The van der Waals surface area contributed by atoms with Gasteiger partial charge in [0.2, 0.25) is 0 Å². The number of nitrogens with one attached hydrogen (secondary N) is 2. The molecule has 1 heterocycles. The Morgan fingerprint density at radius 1 is 1.03 bits per heavy atom. The first-order valence-corrected chi connectivity index (χ1v) is 13.1. The smallest absolute Gasteiger partial charge is 0.323 e.